The summed E-state index contributed by atoms with van der Waals surface area (Å²) in [6, 6.07) is 10.7. The third-order valence-corrected chi connectivity index (χ3v) is 3.06. The fraction of sp³-hybridized carbons (Fsp3) is 0.125. The van der Waals surface area contributed by atoms with E-state index in [9.17, 15) is 9.59 Å². The highest BCUT2D eigenvalue weighted by Crippen LogP contribution is 2.19. The monoisotopic (exact) mass is 269 g/mol. The van der Waals surface area contributed by atoms with Crippen LogP contribution < -0.4 is 5.56 Å². The zero-order valence-electron chi connectivity index (χ0n) is 11.2. The lowest BCUT2D eigenvalue weighted by Crippen LogP contribution is -2.27. The van der Waals surface area contributed by atoms with Crippen LogP contribution in [0.4, 0.5) is 0 Å². The average molecular weight is 269 g/mol. The summed E-state index contributed by atoms with van der Waals surface area (Å²) in [5.41, 5.74) is 1.91. The van der Waals surface area contributed by atoms with Crippen molar-refractivity contribution in [1.82, 2.24) is 4.57 Å². The van der Waals surface area contributed by atoms with Crippen LogP contribution in [0.5, 0.6) is 0 Å². The molecule has 0 aliphatic carbocycles. The van der Waals surface area contributed by atoms with Crippen molar-refractivity contribution in [3.63, 3.8) is 0 Å². The number of rotatable bonds is 4. The van der Waals surface area contributed by atoms with Crippen LogP contribution in [0.1, 0.15) is 15.9 Å². The van der Waals surface area contributed by atoms with Crippen LogP contribution in [0.3, 0.4) is 0 Å². The number of aromatic carboxylic acids is 1. The lowest BCUT2D eigenvalue weighted by Gasteiger charge is -2.12. The predicted molar refractivity (Wildman–Crippen MR) is 78.0 cm³/mol. The molecule has 0 spiro atoms. The second-order valence-electron chi connectivity index (χ2n) is 4.51. The van der Waals surface area contributed by atoms with Crippen LogP contribution in [0, 0.1) is 6.92 Å². The van der Waals surface area contributed by atoms with E-state index in [1.165, 1.54) is 10.6 Å². The lowest BCUT2D eigenvalue weighted by molar-refractivity contribution is 0.0694. The van der Waals surface area contributed by atoms with Gasteiger partial charge in [-0.15, -0.1) is 6.58 Å². The second-order valence-corrected chi connectivity index (χ2v) is 4.51. The highest BCUT2D eigenvalue weighted by molar-refractivity contribution is 5.87. The van der Waals surface area contributed by atoms with E-state index < -0.39 is 11.5 Å². The normalized spacial score (nSPS) is 10.2. The number of hydrogen-bond donors (Lipinski definition) is 1. The summed E-state index contributed by atoms with van der Waals surface area (Å²) in [5.74, 6) is -1.22. The molecule has 4 nitrogen and oxygen atoms in total. The first-order chi connectivity index (χ1) is 9.54. The summed E-state index contributed by atoms with van der Waals surface area (Å²) in [4.78, 5) is 23.2. The van der Waals surface area contributed by atoms with Gasteiger partial charge in [-0.25, -0.2) is 4.79 Å². The first kappa shape index (κ1) is 13.8. The topological polar surface area (TPSA) is 59.3 Å². The van der Waals surface area contributed by atoms with Crippen molar-refractivity contribution in [2.24, 2.45) is 0 Å². The van der Waals surface area contributed by atoms with Gasteiger partial charge in [0.05, 0.1) is 5.69 Å². The zero-order chi connectivity index (χ0) is 14.7. The van der Waals surface area contributed by atoms with E-state index in [0.717, 1.165) is 11.1 Å². The third kappa shape index (κ3) is 2.54. The quantitative estimate of drug-likeness (QED) is 0.868. The Morgan fingerprint density at radius 3 is 2.45 bits per heavy atom. The number of nitrogens with zero attached hydrogens (tertiary/aromatic N) is 1. The van der Waals surface area contributed by atoms with Gasteiger partial charge in [-0.1, -0.05) is 35.9 Å². The molecule has 4 heteroatoms. The van der Waals surface area contributed by atoms with Crippen molar-refractivity contribution in [2.75, 3.05) is 0 Å². The van der Waals surface area contributed by atoms with Gasteiger partial charge >= 0.3 is 5.97 Å². The second kappa shape index (κ2) is 5.57. The van der Waals surface area contributed by atoms with Gasteiger partial charge < -0.3 is 9.67 Å². The smallest absolute Gasteiger partial charge is 0.341 e. The Bertz CT molecular complexity index is 711. The molecular formula is C16H15NO3. The Morgan fingerprint density at radius 2 is 1.90 bits per heavy atom. The molecule has 102 valence electrons. The molecule has 0 aliphatic heterocycles. The summed E-state index contributed by atoms with van der Waals surface area (Å²) in [5, 5.41) is 9.02. The van der Waals surface area contributed by atoms with Crippen LogP contribution in [-0.4, -0.2) is 15.6 Å². The number of aromatic nitrogens is 1. The van der Waals surface area contributed by atoms with Crippen molar-refractivity contribution in [3.05, 3.63) is 70.5 Å². The van der Waals surface area contributed by atoms with Gasteiger partial charge in [0.2, 0.25) is 0 Å². The minimum Gasteiger partial charge on any atom is -0.477 e. The van der Waals surface area contributed by atoms with E-state index in [2.05, 4.69) is 6.58 Å². The maximum Gasteiger partial charge on any atom is 0.341 e. The Morgan fingerprint density at radius 1 is 1.25 bits per heavy atom. The van der Waals surface area contributed by atoms with Crippen LogP contribution in [0.2, 0.25) is 0 Å². The van der Waals surface area contributed by atoms with Crippen molar-refractivity contribution in [2.45, 2.75) is 13.5 Å². The third-order valence-electron chi connectivity index (χ3n) is 3.06. The van der Waals surface area contributed by atoms with Gasteiger partial charge in [0.1, 0.15) is 5.56 Å². The van der Waals surface area contributed by atoms with E-state index >= 15 is 0 Å². The number of aryl methyl sites for hydroxylation is 1. The Labute approximate surface area is 116 Å². The molecular weight excluding hydrogens is 254 g/mol. The van der Waals surface area contributed by atoms with E-state index in [1.54, 1.807) is 12.1 Å². The van der Waals surface area contributed by atoms with Crippen molar-refractivity contribution >= 4 is 5.97 Å². The van der Waals surface area contributed by atoms with E-state index in [0.29, 0.717) is 5.69 Å². The number of carboxylic acid groups (broad SMARTS) is 1. The average Bonchev–Trinajstić information content (AvgIpc) is 2.42. The molecule has 2 rings (SSSR count). The largest absolute Gasteiger partial charge is 0.477 e. The van der Waals surface area contributed by atoms with Crippen molar-refractivity contribution < 1.29 is 9.90 Å². The summed E-state index contributed by atoms with van der Waals surface area (Å²) < 4.78 is 1.42. The number of carbonyl (C=O) groups is 1. The molecule has 1 N–H and O–H groups in total. The van der Waals surface area contributed by atoms with Gasteiger partial charge in [0.15, 0.2) is 0 Å². The number of pyridine rings is 1. The molecule has 0 radical (unpaired) electrons. The number of benzene rings is 1. The minimum absolute atomic E-state index is 0.234. The van der Waals surface area contributed by atoms with Crippen molar-refractivity contribution in [3.8, 4) is 11.3 Å². The van der Waals surface area contributed by atoms with E-state index in [4.69, 9.17) is 5.11 Å². The van der Waals surface area contributed by atoms with Gasteiger partial charge in [0.25, 0.3) is 5.56 Å². The van der Waals surface area contributed by atoms with Crippen LogP contribution in [0.25, 0.3) is 11.3 Å². The van der Waals surface area contributed by atoms with Crippen LogP contribution in [0.15, 0.2) is 53.8 Å². The van der Waals surface area contributed by atoms with Crippen LogP contribution in [-0.2, 0) is 6.54 Å². The summed E-state index contributed by atoms with van der Waals surface area (Å²) in [6.45, 7) is 5.86. The Kier molecular flexibility index (Phi) is 3.84. The molecule has 1 heterocycles. The fourth-order valence-electron chi connectivity index (χ4n) is 2.03. The SMILES string of the molecule is C=CCn1c(-c2ccc(C)cc2)ccc(C(=O)O)c1=O. The molecule has 20 heavy (non-hydrogen) atoms. The van der Waals surface area contributed by atoms with Crippen LogP contribution >= 0.6 is 0 Å². The summed E-state index contributed by atoms with van der Waals surface area (Å²) in [7, 11) is 0. The van der Waals surface area contributed by atoms with Gasteiger partial charge in [-0.05, 0) is 24.6 Å². The number of hydrogen-bond acceptors (Lipinski definition) is 2. The highest BCUT2D eigenvalue weighted by Gasteiger charge is 2.14. The van der Waals surface area contributed by atoms with E-state index in [1.807, 2.05) is 31.2 Å². The standard InChI is InChI=1S/C16H15NO3/c1-3-10-17-14(12-6-4-11(2)5-7-12)9-8-13(15(17)18)16(19)20/h3-9H,1,10H2,2H3,(H,19,20). The molecule has 1 aromatic carbocycles. The summed E-state index contributed by atoms with van der Waals surface area (Å²) >= 11 is 0. The molecule has 2 aromatic rings. The van der Waals surface area contributed by atoms with Crippen molar-refractivity contribution in [1.29, 1.82) is 0 Å². The summed E-state index contributed by atoms with van der Waals surface area (Å²) in [6.07, 6.45) is 1.57. The molecule has 0 fully saturated rings. The molecule has 0 saturated heterocycles. The molecule has 0 unspecified atom stereocenters. The predicted octanol–water partition coefficient (Wildman–Crippen LogP) is 2.71. The van der Waals surface area contributed by atoms with Gasteiger partial charge in [-0.3, -0.25) is 4.79 Å². The first-order valence-corrected chi connectivity index (χ1v) is 6.19. The molecule has 0 amide bonds. The maximum atomic E-state index is 12.2. The maximum absolute atomic E-state index is 12.2. The number of allylic oxidation sites excluding steroid dienone is 1. The fourth-order valence-corrected chi connectivity index (χ4v) is 2.03. The molecule has 0 aliphatic rings. The zero-order valence-corrected chi connectivity index (χ0v) is 11.2. The molecule has 1 aromatic heterocycles. The molecule has 0 saturated carbocycles. The van der Waals surface area contributed by atoms with E-state index in [-0.39, 0.29) is 12.1 Å². The van der Waals surface area contributed by atoms with Gasteiger partial charge in [-0.2, -0.15) is 0 Å². The minimum atomic E-state index is -1.22. The molecule has 0 bridgehead atoms. The Hall–Kier alpha value is -2.62. The lowest BCUT2D eigenvalue weighted by atomic mass is 10.1. The number of carboxylic acids is 1. The highest BCUT2D eigenvalue weighted by atomic mass is 16.4. The first-order valence-electron chi connectivity index (χ1n) is 6.19. The molecule has 0 atom stereocenters. The van der Waals surface area contributed by atoms with Gasteiger partial charge in [0, 0.05) is 6.54 Å². The Balaban J connectivity index is 2.67.